The van der Waals surface area contributed by atoms with Gasteiger partial charge >= 0.3 is 0 Å². The van der Waals surface area contributed by atoms with Gasteiger partial charge in [-0.05, 0) is 150 Å². The van der Waals surface area contributed by atoms with Gasteiger partial charge in [-0.2, -0.15) is 0 Å². The van der Waals surface area contributed by atoms with Gasteiger partial charge in [-0.25, -0.2) is 0 Å². The van der Waals surface area contributed by atoms with E-state index in [9.17, 15) is 0 Å². The Morgan fingerprint density at radius 3 is 1.80 bits per heavy atom. The highest BCUT2D eigenvalue weighted by molar-refractivity contribution is 5.85. The molecule has 0 radical (unpaired) electrons. The topological polar surface area (TPSA) is 3.24 Å². The molecule has 10 rings (SSSR count). The van der Waals surface area contributed by atoms with Gasteiger partial charge in [0.1, 0.15) is 0 Å². The molecule has 0 aliphatic heterocycles. The minimum Gasteiger partial charge on any atom is -0.310 e. The van der Waals surface area contributed by atoms with Gasteiger partial charge in [0, 0.05) is 22.5 Å². The van der Waals surface area contributed by atoms with Crippen molar-refractivity contribution in [2.24, 2.45) is 17.8 Å². The van der Waals surface area contributed by atoms with Gasteiger partial charge in [0.2, 0.25) is 0 Å². The molecule has 44 heavy (non-hydrogen) atoms. The molecule has 5 fully saturated rings. The van der Waals surface area contributed by atoms with E-state index in [1.54, 1.807) is 11.1 Å². The number of fused-ring (bicyclic) bond motifs is 3. The van der Waals surface area contributed by atoms with E-state index in [1.807, 2.05) is 0 Å². The molecule has 0 amide bonds. The normalized spacial score (nSPS) is 28.1. The number of benzene rings is 4. The molecule has 0 N–H and O–H groups in total. The van der Waals surface area contributed by atoms with E-state index < -0.39 is 0 Å². The van der Waals surface area contributed by atoms with Crippen molar-refractivity contribution in [3.63, 3.8) is 0 Å². The Balaban J connectivity index is 1.09. The molecule has 4 aromatic rings. The zero-order valence-electron chi connectivity index (χ0n) is 26.7. The van der Waals surface area contributed by atoms with Crippen molar-refractivity contribution in [1.82, 2.24) is 0 Å². The number of anilines is 3. The van der Waals surface area contributed by atoms with Crippen LogP contribution in [0.15, 0.2) is 91.0 Å². The molecule has 0 atom stereocenters. The fourth-order valence-corrected chi connectivity index (χ4v) is 11.0. The van der Waals surface area contributed by atoms with Crippen molar-refractivity contribution in [1.29, 1.82) is 0 Å². The van der Waals surface area contributed by atoms with Gasteiger partial charge in [-0.1, -0.05) is 87.7 Å². The first kappa shape index (κ1) is 27.0. The van der Waals surface area contributed by atoms with Gasteiger partial charge in [-0.3, -0.25) is 0 Å². The molecule has 0 spiro atoms. The molecule has 224 valence electrons. The van der Waals surface area contributed by atoms with Crippen LogP contribution in [-0.4, -0.2) is 0 Å². The predicted octanol–water partition coefficient (Wildman–Crippen LogP) is 12.0. The minimum absolute atomic E-state index is 0.0216. The Hall–Kier alpha value is -3.32. The van der Waals surface area contributed by atoms with Crippen molar-refractivity contribution in [3.05, 3.63) is 113 Å². The van der Waals surface area contributed by atoms with E-state index in [-0.39, 0.29) is 5.41 Å². The average Bonchev–Trinajstić information content (AvgIpc) is 3.27. The number of rotatable bonds is 5. The van der Waals surface area contributed by atoms with Crippen LogP contribution in [0.1, 0.15) is 113 Å². The molecule has 0 saturated heterocycles. The van der Waals surface area contributed by atoms with Gasteiger partial charge in [-0.15, -0.1) is 0 Å². The quantitative estimate of drug-likeness (QED) is 0.228. The first-order valence-electron chi connectivity index (χ1n) is 17.7. The molecule has 0 unspecified atom stereocenters. The molecule has 1 heteroatoms. The predicted molar refractivity (Wildman–Crippen MR) is 184 cm³/mol. The SMILES string of the molecule is CC1(C)c2cc(N(c3ccccc3)c3ccc(C4CCCCC4)cc3)ccc2-c2ccc(C34CC5CC(CC(C5)C3)C4)cc21. The molecule has 0 heterocycles. The fraction of sp³-hybridized carbons (Fsp3) is 0.442. The summed E-state index contributed by atoms with van der Waals surface area (Å²) in [6, 6.07) is 35.5. The fourth-order valence-electron chi connectivity index (χ4n) is 11.0. The highest BCUT2D eigenvalue weighted by Crippen LogP contribution is 2.62. The Bertz CT molecular complexity index is 1650. The summed E-state index contributed by atoms with van der Waals surface area (Å²) in [4.78, 5) is 2.46. The van der Waals surface area contributed by atoms with Crippen LogP contribution in [-0.2, 0) is 10.8 Å². The summed E-state index contributed by atoms with van der Waals surface area (Å²) in [6.45, 7) is 4.94. The lowest BCUT2D eigenvalue weighted by Gasteiger charge is -2.57. The number of hydrogen-bond donors (Lipinski definition) is 0. The highest BCUT2D eigenvalue weighted by atomic mass is 15.1. The van der Waals surface area contributed by atoms with Gasteiger partial charge in [0.05, 0.1) is 0 Å². The molecule has 6 aliphatic carbocycles. The van der Waals surface area contributed by atoms with E-state index in [2.05, 4.69) is 110 Å². The monoisotopic (exact) mass is 577 g/mol. The highest BCUT2D eigenvalue weighted by Gasteiger charge is 2.52. The van der Waals surface area contributed by atoms with Crippen molar-refractivity contribution < 1.29 is 0 Å². The van der Waals surface area contributed by atoms with Gasteiger partial charge in [0.25, 0.3) is 0 Å². The lowest BCUT2D eigenvalue weighted by molar-refractivity contribution is -0.00522. The van der Waals surface area contributed by atoms with Crippen LogP contribution in [0.5, 0.6) is 0 Å². The maximum Gasteiger partial charge on any atom is 0.0465 e. The lowest BCUT2D eigenvalue weighted by atomic mass is 9.48. The first-order chi connectivity index (χ1) is 21.5. The summed E-state index contributed by atoms with van der Waals surface area (Å²) in [5, 5.41) is 0. The minimum atomic E-state index is -0.0216. The zero-order chi connectivity index (χ0) is 29.5. The molecule has 5 saturated carbocycles. The number of nitrogens with zero attached hydrogens (tertiary/aromatic N) is 1. The third-order valence-electron chi connectivity index (χ3n) is 12.8. The summed E-state index contributed by atoms with van der Waals surface area (Å²) in [7, 11) is 0. The second-order valence-corrected chi connectivity index (χ2v) is 15.9. The Morgan fingerprint density at radius 2 is 1.14 bits per heavy atom. The first-order valence-corrected chi connectivity index (χ1v) is 17.7. The summed E-state index contributed by atoms with van der Waals surface area (Å²) in [5.74, 6) is 3.65. The van der Waals surface area contributed by atoms with E-state index in [1.165, 1.54) is 110 Å². The van der Waals surface area contributed by atoms with Crippen molar-refractivity contribution in [2.45, 2.75) is 101 Å². The summed E-state index contributed by atoms with van der Waals surface area (Å²) < 4.78 is 0. The zero-order valence-corrected chi connectivity index (χ0v) is 26.7. The summed E-state index contributed by atoms with van der Waals surface area (Å²) >= 11 is 0. The number of para-hydroxylation sites is 1. The Labute approximate surface area is 264 Å². The molecule has 4 bridgehead atoms. The largest absolute Gasteiger partial charge is 0.310 e. The van der Waals surface area contributed by atoms with E-state index in [0.29, 0.717) is 5.41 Å². The van der Waals surface area contributed by atoms with Crippen LogP contribution in [0.4, 0.5) is 17.1 Å². The smallest absolute Gasteiger partial charge is 0.0465 e. The average molecular weight is 578 g/mol. The molecular formula is C43H47N. The van der Waals surface area contributed by atoms with E-state index >= 15 is 0 Å². The van der Waals surface area contributed by atoms with Gasteiger partial charge < -0.3 is 4.90 Å². The Morgan fingerprint density at radius 1 is 0.568 bits per heavy atom. The van der Waals surface area contributed by atoms with Crippen LogP contribution in [0.2, 0.25) is 0 Å². The van der Waals surface area contributed by atoms with Crippen LogP contribution in [0, 0.1) is 17.8 Å². The maximum absolute atomic E-state index is 2.67. The molecule has 6 aliphatic rings. The summed E-state index contributed by atoms with van der Waals surface area (Å²) in [5.41, 5.74) is 13.2. The molecular weight excluding hydrogens is 530 g/mol. The van der Waals surface area contributed by atoms with Crippen LogP contribution < -0.4 is 4.90 Å². The molecule has 1 nitrogen and oxygen atoms in total. The molecule has 0 aromatic heterocycles. The third-order valence-corrected chi connectivity index (χ3v) is 12.8. The van der Waals surface area contributed by atoms with Crippen molar-refractivity contribution in [3.8, 4) is 11.1 Å². The van der Waals surface area contributed by atoms with E-state index in [4.69, 9.17) is 0 Å². The lowest BCUT2D eigenvalue weighted by Crippen LogP contribution is -2.48. The van der Waals surface area contributed by atoms with Crippen LogP contribution in [0.25, 0.3) is 11.1 Å². The van der Waals surface area contributed by atoms with Crippen molar-refractivity contribution >= 4 is 17.1 Å². The Kier molecular flexibility index (Phi) is 6.20. The maximum atomic E-state index is 2.67. The third kappa shape index (κ3) is 4.25. The standard InChI is InChI=1S/C43H47N/c1-42(2)40-24-34(43-26-29-21-30(27-43)23-31(22-29)28-43)15-19-38(40)39-20-18-37(25-41(39)42)44(35-11-7-4-8-12-35)36-16-13-33(14-17-36)32-9-5-3-6-10-32/h4,7-8,11-20,24-25,29-32H,3,5-6,9-10,21-23,26-28H2,1-2H3. The van der Waals surface area contributed by atoms with Crippen molar-refractivity contribution in [2.75, 3.05) is 4.90 Å². The second kappa shape index (κ2) is 10.1. The second-order valence-electron chi connectivity index (χ2n) is 15.9. The van der Waals surface area contributed by atoms with E-state index in [0.717, 1.165) is 23.7 Å². The summed E-state index contributed by atoms with van der Waals surface area (Å²) in [6.07, 6.45) is 15.6. The number of hydrogen-bond acceptors (Lipinski definition) is 1. The molecule has 4 aromatic carbocycles. The van der Waals surface area contributed by atoms with Gasteiger partial charge in [0.15, 0.2) is 0 Å². The van der Waals surface area contributed by atoms with Crippen LogP contribution in [0.3, 0.4) is 0 Å². The van der Waals surface area contributed by atoms with Crippen LogP contribution >= 0.6 is 0 Å².